The Hall–Kier alpha value is -4.64. The molecule has 0 saturated heterocycles. The molecule has 1 aliphatic rings. The van der Waals surface area contributed by atoms with E-state index in [4.69, 9.17) is 29.4 Å². The Morgan fingerprint density at radius 2 is 1.74 bits per heavy atom. The predicted molar refractivity (Wildman–Crippen MR) is 128 cm³/mol. The number of ether oxygens (including phenoxy) is 5. The SMILES string of the molecule is CCOc1ccc(C2C(C#N)=C(N)Oc3cc(OC(=O)c4ccc(OC)cc4)ccc32)cc1OC. The van der Waals surface area contributed by atoms with Crippen molar-refractivity contribution in [3.8, 4) is 34.8 Å². The van der Waals surface area contributed by atoms with E-state index in [1.165, 1.54) is 0 Å². The fourth-order valence-corrected chi connectivity index (χ4v) is 3.87. The summed E-state index contributed by atoms with van der Waals surface area (Å²) in [5.41, 5.74) is 8.23. The van der Waals surface area contributed by atoms with Crippen molar-refractivity contribution in [3.63, 3.8) is 0 Å². The van der Waals surface area contributed by atoms with Gasteiger partial charge in [0.05, 0.1) is 32.3 Å². The van der Waals surface area contributed by atoms with Crippen molar-refractivity contribution >= 4 is 5.97 Å². The third-order valence-corrected chi connectivity index (χ3v) is 5.55. The molecule has 0 fully saturated rings. The molecule has 1 unspecified atom stereocenters. The third kappa shape index (κ3) is 4.70. The molecule has 3 aromatic rings. The van der Waals surface area contributed by atoms with Gasteiger partial charge in [0.2, 0.25) is 5.88 Å². The minimum absolute atomic E-state index is 0.0171. The molecule has 2 N–H and O–H groups in total. The lowest BCUT2D eigenvalue weighted by atomic mass is 9.83. The van der Waals surface area contributed by atoms with Gasteiger partial charge in [-0.15, -0.1) is 0 Å². The monoisotopic (exact) mass is 472 g/mol. The van der Waals surface area contributed by atoms with Gasteiger partial charge in [0, 0.05) is 11.6 Å². The van der Waals surface area contributed by atoms with E-state index in [0.29, 0.717) is 40.7 Å². The van der Waals surface area contributed by atoms with Gasteiger partial charge >= 0.3 is 5.97 Å². The molecule has 1 aliphatic heterocycles. The number of hydrogen-bond donors (Lipinski definition) is 1. The number of nitrogens with zero attached hydrogens (tertiary/aromatic N) is 1. The van der Waals surface area contributed by atoms with E-state index in [2.05, 4.69) is 6.07 Å². The third-order valence-electron chi connectivity index (χ3n) is 5.55. The summed E-state index contributed by atoms with van der Waals surface area (Å²) in [6.07, 6.45) is 0. The van der Waals surface area contributed by atoms with Crippen LogP contribution in [0.2, 0.25) is 0 Å². The Morgan fingerprint density at radius 3 is 2.40 bits per heavy atom. The molecule has 3 aromatic carbocycles. The van der Waals surface area contributed by atoms with E-state index in [1.54, 1.807) is 62.8 Å². The summed E-state index contributed by atoms with van der Waals surface area (Å²) in [4.78, 5) is 12.6. The van der Waals surface area contributed by atoms with Crippen LogP contribution in [0, 0.1) is 11.3 Å². The maximum absolute atomic E-state index is 12.6. The number of carbonyl (C=O) groups excluding carboxylic acids is 1. The number of allylic oxidation sites excluding steroid dienone is 1. The summed E-state index contributed by atoms with van der Waals surface area (Å²) < 4.78 is 27.5. The summed E-state index contributed by atoms with van der Waals surface area (Å²) in [6.45, 7) is 2.38. The number of esters is 1. The first-order chi connectivity index (χ1) is 17.0. The number of rotatable bonds is 7. The number of hydrogen-bond acceptors (Lipinski definition) is 8. The second kappa shape index (κ2) is 10.1. The van der Waals surface area contributed by atoms with Crippen molar-refractivity contribution in [2.45, 2.75) is 12.8 Å². The molecule has 35 heavy (non-hydrogen) atoms. The summed E-state index contributed by atoms with van der Waals surface area (Å²) in [5.74, 6) is 1.39. The van der Waals surface area contributed by atoms with Crippen molar-refractivity contribution in [2.75, 3.05) is 20.8 Å². The summed E-state index contributed by atoms with van der Waals surface area (Å²) in [5, 5.41) is 9.82. The Bertz CT molecular complexity index is 1320. The highest BCUT2D eigenvalue weighted by molar-refractivity contribution is 5.91. The van der Waals surface area contributed by atoms with E-state index in [0.717, 1.165) is 5.56 Å². The molecule has 0 bridgehead atoms. The fraction of sp³-hybridized carbons (Fsp3) is 0.185. The molecular formula is C27H24N2O6. The Balaban J connectivity index is 1.67. The lowest BCUT2D eigenvalue weighted by Gasteiger charge is -2.27. The van der Waals surface area contributed by atoms with Gasteiger partial charge in [0.25, 0.3) is 0 Å². The first-order valence-electron chi connectivity index (χ1n) is 10.9. The maximum atomic E-state index is 12.6. The van der Waals surface area contributed by atoms with Crippen LogP contribution in [0.5, 0.6) is 28.7 Å². The van der Waals surface area contributed by atoms with Crippen LogP contribution in [0.3, 0.4) is 0 Å². The molecule has 8 heteroatoms. The topological polar surface area (TPSA) is 113 Å². The normalized spacial score (nSPS) is 14.3. The molecule has 0 amide bonds. The van der Waals surface area contributed by atoms with E-state index in [9.17, 15) is 10.1 Å². The fourth-order valence-electron chi connectivity index (χ4n) is 3.87. The van der Waals surface area contributed by atoms with Crippen LogP contribution in [-0.4, -0.2) is 26.8 Å². The van der Waals surface area contributed by atoms with Crippen molar-refractivity contribution in [2.24, 2.45) is 5.73 Å². The van der Waals surface area contributed by atoms with Crippen molar-refractivity contribution in [1.29, 1.82) is 5.26 Å². The molecule has 4 rings (SSSR count). The van der Waals surface area contributed by atoms with Gasteiger partial charge in [0.15, 0.2) is 11.5 Å². The van der Waals surface area contributed by atoms with Crippen LogP contribution in [0.25, 0.3) is 0 Å². The molecular weight excluding hydrogens is 448 g/mol. The Morgan fingerprint density at radius 1 is 1.00 bits per heavy atom. The van der Waals surface area contributed by atoms with Crippen LogP contribution < -0.4 is 29.4 Å². The van der Waals surface area contributed by atoms with Crippen molar-refractivity contribution < 1.29 is 28.5 Å². The van der Waals surface area contributed by atoms with E-state index in [-0.39, 0.29) is 17.2 Å². The standard InChI is InChI=1S/C27H24N2O6/c1-4-33-22-12-7-17(13-24(22)32-3)25-20-11-10-19(14-23(20)35-26(29)21(25)15-28)34-27(30)16-5-8-18(31-2)9-6-16/h5-14,25H,4,29H2,1-3H3. The molecule has 1 heterocycles. The summed E-state index contributed by atoms with van der Waals surface area (Å²) >= 11 is 0. The zero-order valence-electron chi connectivity index (χ0n) is 19.5. The molecule has 0 aromatic heterocycles. The number of fused-ring (bicyclic) bond motifs is 1. The van der Waals surface area contributed by atoms with Crippen LogP contribution in [-0.2, 0) is 0 Å². The largest absolute Gasteiger partial charge is 0.497 e. The zero-order valence-corrected chi connectivity index (χ0v) is 19.5. The van der Waals surface area contributed by atoms with Gasteiger partial charge in [0.1, 0.15) is 28.9 Å². The minimum Gasteiger partial charge on any atom is -0.497 e. The second-order valence-corrected chi connectivity index (χ2v) is 7.59. The number of methoxy groups -OCH3 is 2. The van der Waals surface area contributed by atoms with Crippen molar-refractivity contribution in [3.05, 3.63) is 88.8 Å². The van der Waals surface area contributed by atoms with Crippen LogP contribution in [0.4, 0.5) is 0 Å². The zero-order chi connectivity index (χ0) is 24.9. The van der Waals surface area contributed by atoms with Gasteiger partial charge in [-0.1, -0.05) is 12.1 Å². The van der Waals surface area contributed by atoms with Crippen molar-refractivity contribution in [1.82, 2.24) is 0 Å². The minimum atomic E-state index is -0.530. The highest BCUT2D eigenvalue weighted by Gasteiger charge is 2.31. The molecule has 0 spiro atoms. The average molecular weight is 472 g/mol. The Labute approximate surface area is 203 Å². The van der Waals surface area contributed by atoms with E-state index in [1.807, 2.05) is 19.1 Å². The smallest absolute Gasteiger partial charge is 0.343 e. The lowest BCUT2D eigenvalue weighted by Crippen LogP contribution is -2.21. The van der Waals surface area contributed by atoms with Gasteiger partial charge in [-0.05, 0) is 55.0 Å². The van der Waals surface area contributed by atoms with Crippen LogP contribution in [0.1, 0.15) is 34.3 Å². The second-order valence-electron chi connectivity index (χ2n) is 7.59. The van der Waals surface area contributed by atoms with Crippen LogP contribution >= 0.6 is 0 Å². The highest BCUT2D eigenvalue weighted by atomic mass is 16.5. The average Bonchev–Trinajstić information content (AvgIpc) is 2.88. The number of nitriles is 1. The van der Waals surface area contributed by atoms with Gasteiger partial charge in [-0.25, -0.2) is 4.79 Å². The predicted octanol–water partition coefficient (Wildman–Crippen LogP) is 4.54. The first kappa shape index (κ1) is 23.5. The van der Waals surface area contributed by atoms with Gasteiger partial charge in [-0.2, -0.15) is 5.26 Å². The summed E-state index contributed by atoms with van der Waals surface area (Å²) in [7, 11) is 3.10. The first-order valence-corrected chi connectivity index (χ1v) is 10.9. The lowest BCUT2D eigenvalue weighted by molar-refractivity contribution is 0.0734. The number of carbonyl (C=O) groups is 1. The number of nitrogens with two attached hydrogens (primary N) is 1. The molecule has 1 atom stereocenters. The molecule has 0 radical (unpaired) electrons. The van der Waals surface area contributed by atoms with Gasteiger partial charge in [-0.3, -0.25) is 0 Å². The molecule has 178 valence electrons. The molecule has 0 saturated carbocycles. The summed E-state index contributed by atoms with van der Waals surface area (Å²) in [6, 6.07) is 19.2. The van der Waals surface area contributed by atoms with Crippen LogP contribution in [0.15, 0.2) is 72.1 Å². The number of benzene rings is 3. The molecule has 0 aliphatic carbocycles. The quantitative estimate of drug-likeness (QED) is 0.394. The van der Waals surface area contributed by atoms with E-state index >= 15 is 0 Å². The maximum Gasteiger partial charge on any atom is 0.343 e. The molecule has 8 nitrogen and oxygen atoms in total. The Kier molecular flexibility index (Phi) is 6.78. The van der Waals surface area contributed by atoms with Gasteiger partial charge < -0.3 is 29.4 Å². The van der Waals surface area contributed by atoms with E-state index < -0.39 is 11.9 Å². The highest BCUT2D eigenvalue weighted by Crippen LogP contribution is 2.45.